The molecule has 0 rings (SSSR count). The summed E-state index contributed by atoms with van der Waals surface area (Å²) in [6.07, 6.45) is 1.46. The third-order valence-electron chi connectivity index (χ3n) is 0.976. The predicted molar refractivity (Wildman–Crippen MR) is 47.8 cm³/mol. The molecule has 0 aliphatic heterocycles. The van der Waals surface area contributed by atoms with Crippen LogP contribution in [0.5, 0.6) is 0 Å². The predicted octanol–water partition coefficient (Wildman–Crippen LogP) is 1.82. The van der Waals surface area contributed by atoms with Gasteiger partial charge in [0.05, 0.1) is 0 Å². The number of rotatable bonds is 5. The zero-order chi connectivity index (χ0) is 7.98. The van der Waals surface area contributed by atoms with Crippen LogP contribution in [-0.2, 0) is 0 Å². The first-order chi connectivity index (χ1) is 4.70. The van der Waals surface area contributed by atoms with E-state index in [4.69, 9.17) is 10.2 Å². The molecule has 0 aromatic heterocycles. The third-order valence-corrected chi connectivity index (χ3v) is 3.86. The van der Waals surface area contributed by atoms with Gasteiger partial charge in [0.1, 0.15) is 10.9 Å². The van der Waals surface area contributed by atoms with Gasteiger partial charge in [-0.15, -0.1) is 0 Å². The van der Waals surface area contributed by atoms with E-state index in [2.05, 4.69) is 0 Å². The first-order valence-electron chi connectivity index (χ1n) is 3.39. The summed E-state index contributed by atoms with van der Waals surface area (Å²) in [7, 11) is 2.66. The van der Waals surface area contributed by atoms with Gasteiger partial charge in [0.25, 0.3) is 0 Å². The molecule has 0 radical (unpaired) electrons. The summed E-state index contributed by atoms with van der Waals surface area (Å²) >= 11 is 0. The molecule has 2 N–H and O–H groups in total. The number of aliphatic hydroxyl groups excluding tert-OH is 2. The van der Waals surface area contributed by atoms with Crippen molar-refractivity contribution in [2.45, 2.75) is 37.6 Å². The summed E-state index contributed by atoms with van der Waals surface area (Å²) in [5.74, 6) is 0. The highest BCUT2D eigenvalue weighted by Crippen LogP contribution is 2.31. The summed E-state index contributed by atoms with van der Waals surface area (Å²) in [6.45, 7) is 3.83. The minimum absolute atomic E-state index is 0.341. The lowest BCUT2D eigenvalue weighted by Crippen LogP contribution is -2.00. The Kier molecular flexibility index (Phi) is 6.73. The molecule has 4 heteroatoms. The van der Waals surface area contributed by atoms with Gasteiger partial charge < -0.3 is 10.2 Å². The molecule has 0 fully saturated rings. The van der Waals surface area contributed by atoms with Crippen LogP contribution < -0.4 is 0 Å². The number of aliphatic hydroxyl groups is 2. The van der Waals surface area contributed by atoms with Crippen molar-refractivity contribution in [3.05, 3.63) is 0 Å². The second kappa shape index (κ2) is 6.34. The molecule has 62 valence electrons. The average molecular weight is 182 g/mol. The molecular formula is C6H14O2S2. The van der Waals surface area contributed by atoms with Crippen LogP contribution >= 0.6 is 21.6 Å². The zero-order valence-corrected chi connectivity index (χ0v) is 7.91. The van der Waals surface area contributed by atoms with Gasteiger partial charge in [0.2, 0.25) is 0 Å². The summed E-state index contributed by atoms with van der Waals surface area (Å²) in [5.41, 5.74) is -0.683. The molecule has 0 aliphatic carbocycles. The zero-order valence-electron chi connectivity index (χ0n) is 6.28. The fourth-order valence-corrected chi connectivity index (χ4v) is 2.38. The lowest BCUT2D eigenvalue weighted by molar-refractivity contribution is 0.256. The van der Waals surface area contributed by atoms with Gasteiger partial charge in [-0.05, 0) is 12.8 Å². The summed E-state index contributed by atoms with van der Waals surface area (Å²) in [6, 6.07) is 0. The molecule has 0 saturated heterocycles. The minimum Gasteiger partial charge on any atom is -0.382 e. The van der Waals surface area contributed by atoms with Crippen LogP contribution in [-0.4, -0.2) is 21.1 Å². The van der Waals surface area contributed by atoms with Crippen molar-refractivity contribution >= 4 is 21.6 Å². The van der Waals surface area contributed by atoms with Crippen molar-refractivity contribution in [3.63, 3.8) is 0 Å². The number of hydrogen-bond acceptors (Lipinski definition) is 4. The highest BCUT2D eigenvalue weighted by Gasteiger charge is 2.05. The molecule has 0 bridgehead atoms. The normalized spacial score (nSPS) is 16.8. The summed E-state index contributed by atoms with van der Waals surface area (Å²) in [5, 5.41) is 18.1. The fourth-order valence-electron chi connectivity index (χ4n) is 0.264. The second-order valence-corrected chi connectivity index (χ2v) is 4.55. The van der Waals surface area contributed by atoms with E-state index in [1.807, 2.05) is 13.8 Å². The van der Waals surface area contributed by atoms with E-state index in [1.165, 1.54) is 21.6 Å². The van der Waals surface area contributed by atoms with Gasteiger partial charge in [-0.2, -0.15) is 0 Å². The Morgan fingerprint density at radius 1 is 1.00 bits per heavy atom. The molecule has 0 aliphatic rings. The largest absolute Gasteiger partial charge is 0.382 e. The van der Waals surface area contributed by atoms with E-state index in [1.54, 1.807) is 0 Å². The van der Waals surface area contributed by atoms with Crippen molar-refractivity contribution in [2.75, 3.05) is 0 Å². The Morgan fingerprint density at radius 2 is 1.30 bits per heavy atom. The lowest BCUT2D eigenvalue weighted by atomic mass is 10.5. The molecular weight excluding hydrogens is 168 g/mol. The molecule has 0 heterocycles. The number of hydrogen-bond donors (Lipinski definition) is 2. The van der Waals surface area contributed by atoms with Crippen LogP contribution in [0.15, 0.2) is 0 Å². The van der Waals surface area contributed by atoms with Gasteiger partial charge in [0.15, 0.2) is 0 Å². The van der Waals surface area contributed by atoms with E-state index in [0.717, 1.165) is 12.8 Å². The van der Waals surface area contributed by atoms with Crippen LogP contribution in [0.4, 0.5) is 0 Å². The summed E-state index contributed by atoms with van der Waals surface area (Å²) < 4.78 is 0. The Morgan fingerprint density at radius 3 is 1.50 bits per heavy atom. The Labute approximate surface area is 69.8 Å². The maximum Gasteiger partial charge on any atom is 0.109 e. The standard InChI is InChI=1S/C6H14O2S2/c1-3-5(7)9-10-6(8)4-2/h5-8H,3-4H2,1-2H3. The van der Waals surface area contributed by atoms with E-state index in [0.29, 0.717) is 0 Å². The maximum atomic E-state index is 9.03. The van der Waals surface area contributed by atoms with Crippen molar-refractivity contribution < 1.29 is 10.2 Å². The summed E-state index contributed by atoms with van der Waals surface area (Å²) in [4.78, 5) is 0. The lowest BCUT2D eigenvalue weighted by Gasteiger charge is -2.09. The SMILES string of the molecule is CCC(O)SSC(O)CC. The highest BCUT2D eigenvalue weighted by atomic mass is 33.1. The van der Waals surface area contributed by atoms with Crippen molar-refractivity contribution in [1.82, 2.24) is 0 Å². The highest BCUT2D eigenvalue weighted by molar-refractivity contribution is 8.77. The Hall–Kier alpha value is 0.620. The van der Waals surface area contributed by atoms with E-state index >= 15 is 0 Å². The molecule has 2 unspecified atom stereocenters. The van der Waals surface area contributed by atoms with Crippen LogP contribution in [0.25, 0.3) is 0 Å². The van der Waals surface area contributed by atoms with Crippen LogP contribution in [0, 0.1) is 0 Å². The monoisotopic (exact) mass is 182 g/mol. The average Bonchev–Trinajstić information content (AvgIpc) is 1.99. The molecule has 0 aromatic rings. The first kappa shape index (κ1) is 10.6. The van der Waals surface area contributed by atoms with E-state index < -0.39 is 0 Å². The topological polar surface area (TPSA) is 40.5 Å². The molecule has 0 saturated carbocycles. The van der Waals surface area contributed by atoms with Crippen molar-refractivity contribution in [2.24, 2.45) is 0 Å². The smallest absolute Gasteiger partial charge is 0.109 e. The minimum atomic E-state index is -0.341. The third kappa shape index (κ3) is 5.41. The van der Waals surface area contributed by atoms with Crippen LogP contribution in [0.3, 0.4) is 0 Å². The van der Waals surface area contributed by atoms with Crippen molar-refractivity contribution in [3.8, 4) is 0 Å². The van der Waals surface area contributed by atoms with Crippen molar-refractivity contribution in [1.29, 1.82) is 0 Å². The molecule has 2 nitrogen and oxygen atoms in total. The van der Waals surface area contributed by atoms with Gasteiger partial charge in [-0.3, -0.25) is 0 Å². The molecule has 2 atom stereocenters. The van der Waals surface area contributed by atoms with E-state index in [-0.39, 0.29) is 10.9 Å². The van der Waals surface area contributed by atoms with Gasteiger partial charge in [0, 0.05) is 0 Å². The maximum absolute atomic E-state index is 9.03. The van der Waals surface area contributed by atoms with Gasteiger partial charge >= 0.3 is 0 Å². The van der Waals surface area contributed by atoms with Crippen LogP contribution in [0.2, 0.25) is 0 Å². The Bertz CT molecular complexity index is 70.1. The second-order valence-electron chi connectivity index (χ2n) is 1.92. The molecule has 0 amide bonds. The van der Waals surface area contributed by atoms with E-state index in [9.17, 15) is 0 Å². The van der Waals surface area contributed by atoms with Gasteiger partial charge in [-0.25, -0.2) is 0 Å². The molecule has 0 aromatic carbocycles. The molecule has 10 heavy (non-hydrogen) atoms. The Balaban J connectivity index is 3.17. The first-order valence-corrected chi connectivity index (χ1v) is 5.66. The fraction of sp³-hybridized carbons (Fsp3) is 1.00. The molecule has 0 spiro atoms. The quantitative estimate of drug-likeness (QED) is 0.502. The van der Waals surface area contributed by atoms with Crippen LogP contribution in [0.1, 0.15) is 26.7 Å². The van der Waals surface area contributed by atoms with Gasteiger partial charge in [-0.1, -0.05) is 35.4 Å².